The molecule has 122 valence electrons. The van der Waals surface area contributed by atoms with Crippen molar-refractivity contribution in [2.24, 2.45) is 0 Å². The molecule has 0 atom stereocenters. The van der Waals surface area contributed by atoms with Crippen LogP contribution in [0, 0.1) is 10.1 Å². The molecule has 0 amide bonds. The number of benzene rings is 2. The molecule has 6 nitrogen and oxygen atoms in total. The maximum atomic E-state index is 10.7. The van der Waals surface area contributed by atoms with Crippen molar-refractivity contribution in [2.45, 2.75) is 13.3 Å². The van der Waals surface area contributed by atoms with Crippen LogP contribution in [0.3, 0.4) is 0 Å². The number of rotatable bonds is 3. The normalized spacial score (nSPS) is 10.8. The Morgan fingerprint density at radius 3 is 2.46 bits per heavy atom. The minimum Gasteiger partial charge on any atom is -0.469 e. The number of non-ortho nitro benzene ring substituents is 1. The zero-order valence-corrected chi connectivity index (χ0v) is 13.4. The summed E-state index contributed by atoms with van der Waals surface area (Å²) in [6.07, 6.45) is 2.43. The highest BCUT2D eigenvalue weighted by molar-refractivity contribution is 6.01. The van der Waals surface area contributed by atoms with E-state index in [9.17, 15) is 14.9 Å². The molecule has 1 aromatic carbocycles. The summed E-state index contributed by atoms with van der Waals surface area (Å²) in [6.45, 7) is 1.76. The van der Waals surface area contributed by atoms with Gasteiger partial charge in [-0.15, -0.1) is 0 Å². The van der Waals surface area contributed by atoms with E-state index in [2.05, 4.69) is 21.4 Å². The fraction of sp³-hybridized carbons (Fsp3) is 0.167. The van der Waals surface area contributed by atoms with Gasteiger partial charge in [-0.25, -0.2) is 0 Å². The number of hydrogen-bond acceptors (Lipinski definition) is 4. The molecule has 2 aliphatic carbocycles. The van der Waals surface area contributed by atoms with Crippen molar-refractivity contribution in [1.29, 1.82) is 0 Å². The maximum Gasteiger partial charge on any atom is 0.305 e. The van der Waals surface area contributed by atoms with Gasteiger partial charge in [-0.2, -0.15) is 0 Å². The number of ether oxygens (including phenoxy) is 1. The fourth-order valence-corrected chi connectivity index (χ4v) is 2.63. The van der Waals surface area contributed by atoms with Crippen LogP contribution in [0.4, 0.5) is 5.69 Å². The quantitative estimate of drug-likeness (QED) is 0.323. The summed E-state index contributed by atoms with van der Waals surface area (Å²) in [5, 5.41) is 11.6. The van der Waals surface area contributed by atoms with Crippen LogP contribution in [0.25, 0.3) is 27.7 Å². The third kappa shape index (κ3) is 2.74. The standard InChI is InChI=1S/C14H8N2O2.C4H8O2/c17-16(18)10-4-5-13-9(8-10)6-7-15(13)14-11-2-1-3-12(11)14;1-3-4(5)6-2/h1-8H;3H2,1-2H3. The van der Waals surface area contributed by atoms with Gasteiger partial charge in [-0.05, 0) is 12.1 Å². The molecule has 0 radical (unpaired) electrons. The highest BCUT2D eigenvalue weighted by Crippen LogP contribution is 2.47. The lowest BCUT2D eigenvalue weighted by molar-refractivity contribution is -0.384. The Balaban J connectivity index is 0.000000246. The molecule has 0 saturated heterocycles. The van der Waals surface area contributed by atoms with E-state index in [-0.39, 0.29) is 16.6 Å². The van der Waals surface area contributed by atoms with Crippen molar-refractivity contribution < 1.29 is 14.5 Å². The van der Waals surface area contributed by atoms with Crippen LogP contribution in [0.2, 0.25) is 0 Å². The molecule has 0 saturated carbocycles. The Kier molecular flexibility index (Phi) is 4.04. The van der Waals surface area contributed by atoms with E-state index in [0.717, 1.165) is 10.9 Å². The molecule has 6 heteroatoms. The predicted molar refractivity (Wildman–Crippen MR) is 91.2 cm³/mol. The average molecular weight is 324 g/mol. The minimum absolute atomic E-state index is 0.132. The lowest BCUT2D eigenvalue weighted by Gasteiger charge is -1.98. The number of fused-ring (bicyclic) bond motifs is 2. The summed E-state index contributed by atoms with van der Waals surface area (Å²) in [6, 6.07) is 13.1. The molecular formula is C18H16N2O4. The van der Waals surface area contributed by atoms with E-state index in [0.29, 0.717) is 6.42 Å². The van der Waals surface area contributed by atoms with Gasteiger partial charge in [0.1, 0.15) is 0 Å². The molecule has 24 heavy (non-hydrogen) atoms. The van der Waals surface area contributed by atoms with Gasteiger partial charge in [-0.3, -0.25) is 14.9 Å². The van der Waals surface area contributed by atoms with Crippen LogP contribution < -0.4 is 0 Å². The first kappa shape index (κ1) is 15.7. The second-order valence-electron chi connectivity index (χ2n) is 5.32. The lowest BCUT2D eigenvalue weighted by atomic mass is 10.2. The summed E-state index contributed by atoms with van der Waals surface area (Å²) < 4.78 is 6.35. The van der Waals surface area contributed by atoms with Crippen molar-refractivity contribution in [3.63, 3.8) is 0 Å². The average Bonchev–Trinajstić information content (AvgIpc) is 2.97. The molecular weight excluding hydrogens is 308 g/mol. The van der Waals surface area contributed by atoms with E-state index in [4.69, 9.17) is 0 Å². The van der Waals surface area contributed by atoms with Gasteiger partial charge in [0.2, 0.25) is 0 Å². The second-order valence-corrected chi connectivity index (χ2v) is 5.32. The largest absolute Gasteiger partial charge is 0.469 e. The number of esters is 1. The Morgan fingerprint density at radius 2 is 1.92 bits per heavy atom. The topological polar surface area (TPSA) is 74.4 Å². The molecule has 2 aromatic rings. The number of carbonyl (C=O) groups is 1. The summed E-state index contributed by atoms with van der Waals surface area (Å²) in [7, 11) is 1.38. The fourth-order valence-electron chi connectivity index (χ4n) is 2.63. The Morgan fingerprint density at radius 1 is 1.21 bits per heavy atom. The third-order valence-electron chi connectivity index (χ3n) is 3.91. The first-order valence-electron chi connectivity index (χ1n) is 7.53. The Bertz CT molecular complexity index is 917. The van der Waals surface area contributed by atoms with E-state index >= 15 is 0 Å². The van der Waals surface area contributed by atoms with Gasteiger partial charge in [-0.1, -0.05) is 25.1 Å². The SMILES string of the molecule is CCC(=O)OC.O=[N+]([O-])c1ccc2c(ccn2-c2c3cccc2-3)c1. The molecule has 0 N–H and O–H groups in total. The van der Waals surface area contributed by atoms with E-state index < -0.39 is 0 Å². The highest BCUT2D eigenvalue weighted by atomic mass is 16.6. The second kappa shape index (κ2) is 6.16. The molecule has 0 spiro atoms. The number of nitrogens with zero attached hydrogens (tertiary/aromatic N) is 2. The van der Waals surface area contributed by atoms with Crippen LogP contribution in [-0.2, 0) is 9.53 Å². The molecule has 0 bridgehead atoms. The van der Waals surface area contributed by atoms with Crippen LogP contribution in [-0.4, -0.2) is 22.6 Å². The van der Waals surface area contributed by atoms with Gasteiger partial charge in [0.05, 0.1) is 23.2 Å². The maximum absolute atomic E-state index is 10.7. The van der Waals surface area contributed by atoms with Crippen molar-refractivity contribution in [2.75, 3.05) is 7.11 Å². The minimum atomic E-state index is -0.365. The smallest absolute Gasteiger partial charge is 0.305 e. The van der Waals surface area contributed by atoms with Crippen molar-refractivity contribution in [1.82, 2.24) is 4.57 Å². The number of nitro groups is 1. The molecule has 0 unspecified atom stereocenters. The van der Waals surface area contributed by atoms with Crippen molar-refractivity contribution >= 4 is 22.6 Å². The van der Waals surface area contributed by atoms with Crippen LogP contribution in [0.1, 0.15) is 13.3 Å². The van der Waals surface area contributed by atoms with E-state index in [1.54, 1.807) is 25.1 Å². The van der Waals surface area contributed by atoms with Gasteiger partial charge >= 0.3 is 5.97 Å². The zero-order valence-electron chi connectivity index (χ0n) is 13.4. The molecule has 0 aliphatic heterocycles. The number of carbonyl (C=O) groups excluding carboxylic acids is 1. The molecule has 0 fully saturated rings. The monoisotopic (exact) mass is 324 g/mol. The van der Waals surface area contributed by atoms with Gasteiger partial charge in [0, 0.05) is 41.3 Å². The summed E-state index contributed by atoms with van der Waals surface area (Å²) in [5.41, 5.74) is 4.89. The van der Waals surface area contributed by atoms with Crippen LogP contribution >= 0.6 is 0 Å². The summed E-state index contributed by atoms with van der Waals surface area (Å²) >= 11 is 0. The lowest BCUT2D eigenvalue weighted by Crippen LogP contribution is -1.94. The molecule has 1 heterocycles. The van der Waals surface area contributed by atoms with Gasteiger partial charge < -0.3 is 9.30 Å². The van der Waals surface area contributed by atoms with Crippen molar-refractivity contribution in [3.8, 4) is 16.8 Å². The first-order valence-corrected chi connectivity index (χ1v) is 7.53. The molecule has 4 rings (SSSR count). The van der Waals surface area contributed by atoms with Crippen LogP contribution in [0.5, 0.6) is 0 Å². The van der Waals surface area contributed by atoms with Crippen LogP contribution in [0.15, 0.2) is 48.7 Å². The van der Waals surface area contributed by atoms with E-state index in [1.165, 1.54) is 23.9 Å². The van der Waals surface area contributed by atoms with Crippen molar-refractivity contribution in [3.05, 3.63) is 58.8 Å². The highest BCUT2D eigenvalue weighted by Gasteiger charge is 2.26. The number of hydrogen-bond donors (Lipinski definition) is 0. The Labute approximate surface area is 138 Å². The van der Waals surface area contributed by atoms with Gasteiger partial charge in [0.25, 0.3) is 5.69 Å². The summed E-state index contributed by atoms with van der Waals surface area (Å²) in [5.74, 6) is -0.157. The van der Waals surface area contributed by atoms with Gasteiger partial charge in [0.15, 0.2) is 0 Å². The number of aromatic nitrogens is 1. The summed E-state index contributed by atoms with van der Waals surface area (Å²) in [4.78, 5) is 20.3. The molecule has 1 aromatic heterocycles. The number of para-hydroxylation sites is 1. The first-order chi connectivity index (χ1) is 11.6. The van der Waals surface area contributed by atoms with E-state index in [1.807, 2.05) is 18.3 Å². The number of nitro benzene ring substituents is 1. The third-order valence-corrected chi connectivity index (χ3v) is 3.91. The molecule has 2 aliphatic rings. The predicted octanol–water partition coefficient (Wildman–Crippen LogP) is 4.09. The zero-order chi connectivity index (χ0) is 17.3. The number of methoxy groups -OCH3 is 1. The Hall–Kier alpha value is -3.15.